The Kier molecular flexibility index (Phi) is 7.36. The van der Waals surface area contributed by atoms with Crippen molar-refractivity contribution in [2.24, 2.45) is 5.92 Å². The second-order valence-electron chi connectivity index (χ2n) is 9.75. The van der Waals surface area contributed by atoms with Gasteiger partial charge in [0.15, 0.2) is 17.2 Å². The number of rotatable bonds is 6. The first-order valence-corrected chi connectivity index (χ1v) is 11.8. The standard InChI is InChI=1S/C25H27F5N4O4/c1-12-18(15-5-6-16(26)19(27)20(15)37-4)21(38-24(12,2)25(28,29)30)23(36)32-13-7-8-31-17(9-13)22(35)33-14-10-34(3)11-14/h5-9,12,14,18,21H,10-11H2,1-4H3,(H,33,35)(H,31,32,36)/t12-,18-,21+,24+/m0/s1. The summed E-state index contributed by atoms with van der Waals surface area (Å²) < 4.78 is 81.0. The molecule has 1 aromatic carbocycles. The summed E-state index contributed by atoms with van der Waals surface area (Å²) in [4.78, 5) is 31.8. The van der Waals surface area contributed by atoms with E-state index in [2.05, 4.69) is 15.6 Å². The van der Waals surface area contributed by atoms with Gasteiger partial charge in [-0.3, -0.25) is 14.6 Å². The van der Waals surface area contributed by atoms with Crippen LogP contribution in [-0.2, 0) is 9.53 Å². The highest BCUT2D eigenvalue weighted by molar-refractivity contribution is 5.98. The summed E-state index contributed by atoms with van der Waals surface area (Å²) in [5.41, 5.74) is -2.84. The largest absolute Gasteiger partial charge is 0.493 e. The Morgan fingerprint density at radius 1 is 1.21 bits per heavy atom. The number of amides is 2. The molecule has 4 atom stereocenters. The van der Waals surface area contributed by atoms with Crippen molar-refractivity contribution in [2.75, 3.05) is 32.6 Å². The number of aromatic nitrogens is 1. The second kappa shape index (κ2) is 10.1. The van der Waals surface area contributed by atoms with Crippen LogP contribution in [0.3, 0.4) is 0 Å². The van der Waals surface area contributed by atoms with Crippen molar-refractivity contribution in [3.8, 4) is 5.75 Å². The van der Waals surface area contributed by atoms with Crippen LogP contribution in [0.4, 0.5) is 27.6 Å². The number of nitrogens with zero attached hydrogens (tertiary/aromatic N) is 2. The third-order valence-electron chi connectivity index (χ3n) is 7.23. The van der Waals surface area contributed by atoms with E-state index in [1.165, 1.54) is 25.3 Å². The maximum atomic E-state index is 14.5. The number of hydrogen-bond acceptors (Lipinski definition) is 6. The Bertz CT molecular complexity index is 1240. The van der Waals surface area contributed by atoms with E-state index in [1.54, 1.807) is 0 Å². The molecule has 38 heavy (non-hydrogen) atoms. The molecule has 13 heteroatoms. The van der Waals surface area contributed by atoms with Crippen LogP contribution in [0.5, 0.6) is 5.75 Å². The molecule has 2 aliphatic rings. The highest BCUT2D eigenvalue weighted by atomic mass is 19.4. The lowest BCUT2D eigenvalue weighted by Gasteiger charge is -2.36. The van der Waals surface area contributed by atoms with Crippen molar-refractivity contribution in [2.45, 2.75) is 43.7 Å². The predicted octanol–water partition coefficient (Wildman–Crippen LogP) is 3.49. The maximum absolute atomic E-state index is 14.5. The van der Waals surface area contributed by atoms with Gasteiger partial charge in [0.25, 0.3) is 11.8 Å². The fraction of sp³-hybridized carbons (Fsp3) is 0.480. The molecule has 0 spiro atoms. The number of methoxy groups -OCH3 is 1. The molecule has 0 saturated carbocycles. The third kappa shape index (κ3) is 4.92. The summed E-state index contributed by atoms with van der Waals surface area (Å²) in [6.07, 6.45) is -5.37. The molecule has 4 rings (SSSR count). The number of carbonyl (C=O) groups excluding carboxylic acids is 2. The lowest BCUT2D eigenvalue weighted by Crippen LogP contribution is -2.57. The number of carbonyl (C=O) groups is 2. The van der Waals surface area contributed by atoms with Crippen LogP contribution in [0, 0.1) is 17.6 Å². The Morgan fingerprint density at radius 3 is 2.50 bits per heavy atom. The van der Waals surface area contributed by atoms with Crippen LogP contribution in [-0.4, -0.2) is 72.9 Å². The fourth-order valence-electron chi connectivity index (χ4n) is 4.94. The number of hydrogen-bond donors (Lipinski definition) is 2. The average molecular weight is 543 g/mol. The number of ether oxygens (including phenoxy) is 2. The van der Waals surface area contributed by atoms with Crippen molar-refractivity contribution in [1.82, 2.24) is 15.2 Å². The van der Waals surface area contributed by atoms with E-state index in [0.29, 0.717) is 13.1 Å². The number of anilines is 1. The molecular weight excluding hydrogens is 515 g/mol. The average Bonchev–Trinajstić information content (AvgIpc) is 3.11. The summed E-state index contributed by atoms with van der Waals surface area (Å²) in [6.45, 7) is 3.37. The fourth-order valence-corrected chi connectivity index (χ4v) is 4.94. The molecule has 0 aliphatic carbocycles. The van der Waals surface area contributed by atoms with Crippen LogP contribution < -0.4 is 15.4 Å². The first kappa shape index (κ1) is 27.7. The number of benzene rings is 1. The van der Waals surface area contributed by atoms with Gasteiger partial charge in [-0.05, 0) is 32.2 Å². The van der Waals surface area contributed by atoms with Crippen molar-refractivity contribution in [1.29, 1.82) is 0 Å². The quantitative estimate of drug-likeness (QED) is 0.543. The molecule has 8 nitrogen and oxygen atoms in total. The van der Waals surface area contributed by atoms with E-state index in [4.69, 9.17) is 9.47 Å². The molecule has 3 heterocycles. The van der Waals surface area contributed by atoms with Crippen molar-refractivity contribution < 1.29 is 41.0 Å². The van der Waals surface area contributed by atoms with E-state index >= 15 is 0 Å². The summed E-state index contributed by atoms with van der Waals surface area (Å²) in [6, 6.07) is 4.43. The van der Waals surface area contributed by atoms with Crippen LogP contribution in [0.15, 0.2) is 30.5 Å². The molecule has 2 N–H and O–H groups in total. The minimum Gasteiger partial charge on any atom is -0.493 e. The van der Waals surface area contributed by atoms with Crippen molar-refractivity contribution in [3.63, 3.8) is 0 Å². The molecule has 2 aromatic rings. The number of likely N-dealkylation sites (tertiary alicyclic amines) is 1. The van der Waals surface area contributed by atoms with Crippen molar-refractivity contribution in [3.05, 3.63) is 53.4 Å². The molecule has 2 saturated heterocycles. The first-order chi connectivity index (χ1) is 17.8. The minimum absolute atomic E-state index is 0.00276. The highest BCUT2D eigenvalue weighted by Gasteiger charge is 2.65. The van der Waals surface area contributed by atoms with E-state index < -0.39 is 58.9 Å². The van der Waals surface area contributed by atoms with Gasteiger partial charge in [0.2, 0.25) is 5.82 Å². The molecule has 206 valence electrons. The smallest absolute Gasteiger partial charge is 0.417 e. The Morgan fingerprint density at radius 2 is 1.89 bits per heavy atom. The monoisotopic (exact) mass is 542 g/mol. The van der Waals surface area contributed by atoms with Gasteiger partial charge in [-0.1, -0.05) is 13.0 Å². The van der Waals surface area contributed by atoms with Gasteiger partial charge in [0.05, 0.1) is 13.2 Å². The van der Waals surface area contributed by atoms with Gasteiger partial charge in [0.1, 0.15) is 11.8 Å². The van der Waals surface area contributed by atoms with Crippen molar-refractivity contribution >= 4 is 17.5 Å². The summed E-state index contributed by atoms with van der Waals surface area (Å²) in [7, 11) is 2.95. The number of halogens is 5. The molecule has 0 radical (unpaired) electrons. The molecular formula is C25H27F5N4O4. The van der Waals surface area contributed by atoms with Gasteiger partial charge in [-0.15, -0.1) is 0 Å². The minimum atomic E-state index is -4.89. The summed E-state index contributed by atoms with van der Waals surface area (Å²) in [5, 5.41) is 5.27. The maximum Gasteiger partial charge on any atom is 0.417 e. The topological polar surface area (TPSA) is 92.8 Å². The normalized spacial score (nSPS) is 26.1. The van der Waals surface area contributed by atoms with Crippen LogP contribution in [0.25, 0.3) is 0 Å². The van der Waals surface area contributed by atoms with E-state index in [9.17, 15) is 31.5 Å². The Hall–Kier alpha value is -3.32. The van der Waals surface area contributed by atoms with Gasteiger partial charge in [0, 0.05) is 42.4 Å². The number of pyridine rings is 1. The van der Waals surface area contributed by atoms with E-state index in [1.807, 2.05) is 11.9 Å². The Balaban J connectivity index is 1.64. The van der Waals surface area contributed by atoms with Gasteiger partial charge in [-0.25, -0.2) is 4.39 Å². The van der Waals surface area contributed by atoms with E-state index in [0.717, 1.165) is 26.2 Å². The first-order valence-electron chi connectivity index (χ1n) is 11.8. The second-order valence-corrected chi connectivity index (χ2v) is 9.75. The third-order valence-corrected chi connectivity index (χ3v) is 7.23. The zero-order chi connectivity index (χ0) is 28.0. The van der Waals surface area contributed by atoms with Gasteiger partial charge in [-0.2, -0.15) is 17.6 Å². The molecule has 0 unspecified atom stereocenters. The summed E-state index contributed by atoms with van der Waals surface area (Å²) in [5.74, 6) is -7.45. The predicted molar refractivity (Wildman–Crippen MR) is 126 cm³/mol. The van der Waals surface area contributed by atoms with Crippen LogP contribution in [0.1, 0.15) is 35.8 Å². The molecule has 1 aromatic heterocycles. The number of nitrogens with one attached hydrogen (secondary N) is 2. The van der Waals surface area contributed by atoms with Crippen LogP contribution in [0.2, 0.25) is 0 Å². The molecule has 2 aliphatic heterocycles. The number of likely N-dealkylation sites (N-methyl/N-ethyl adjacent to an activating group) is 1. The van der Waals surface area contributed by atoms with Crippen LogP contribution >= 0.6 is 0 Å². The summed E-state index contributed by atoms with van der Waals surface area (Å²) >= 11 is 0. The zero-order valence-corrected chi connectivity index (χ0v) is 21.0. The zero-order valence-electron chi connectivity index (χ0n) is 21.0. The molecule has 2 fully saturated rings. The molecule has 2 amide bonds. The number of alkyl halides is 3. The lowest BCUT2D eigenvalue weighted by atomic mass is 9.77. The SMILES string of the molecule is COc1c([C@H]2[C@H](C(=O)Nc3ccnc(C(=O)NC4CN(C)C4)c3)O[C@@](C)(C(F)(F)F)[C@H]2C)ccc(F)c1F. The van der Waals surface area contributed by atoms with Gasteiger partial charge >= 0.3 is 6.18 Å². The van der Waals surface area contributed by atoms with Gasteiger partial charge < -0.3 is 25.0 Å². The lowest BCUT2D eigenvalue weighted by molar-refractivity contribution is -0.272. The Labute approximate surface area is 215 Å². The molecule has 0 bridgehead atoms. The highest BCUT2D eigenvalue weighted by Crippen LogP contribution is 2.55. The van der Waals surface area contributed by atoms with E-state index in [-0.39, 0.29) is 23.0 Å².